The number of carbonyl (C=O) groups excluding carboxylic acids is 1. The maximum atomic E-state index is 13.5. The molecule has 0 spiro atoms. The van der Waals surface area contributed by atoms with Gasteiger partial charge in [-0.05, 0) is 47.7 Å². The van der Waals surface area contributed by atoms with E-state index in [0.717, 1.165) is 34.6 Å². The predicted octanol–water partition coefficient (Wildman–Crippen LogP) is 5.78. The van der Waals surface area contributed by atoms with E-state index in [1.54, 1.807) is 0 Å². The summed E-state index contributed by atoms with van der Waals surface area (Å²) in [6.07, 6.45) is 2.98. The van der Waals surface area contributed by atoms with Gasteiger partial charge in [0.15, 0.2) is 0 Å². The van der Waals surface area contributed by atoms with Crippen LogP contribution in [0.1, 0.15) is 43.6 Å². The molecule has 0 radical (unpaired) electrons. The average Bonchev–Trinajstić information content (AvgIpc) is 3.11. The molecule has 3 aromatic rings. The molecule has 0 saturated carbocycles. The second-order valence-corrected chi connectivity index (χ2v) is 7.69. The topological polar surface area (TPSA) is 37.3 Å². The second kappa shape index (κ2) is 7.55. The van der Waals surface area contributed by atoms with Gasteiger partial charge in [-0.3, -0.25) is 0 Å². The van der Waals surface area contributed by atoms with Crippen molar-refractivity contribution in [3.8, 4) is 5.69 Å². The van der Waals surface area contributed by atoms with E-state index in [-0.39, 0.29) is 18.0 Å². The lowest BCUT2D eigenvalue weighted by Gasteiger charge is -2.33. The van der Waals surface area contributed by atoms with Gasteiger partial charge in [-0.2, -0.15) is 0 Å². The minimum Gasteiger partial charge on any atom is -0.318 e. The maximum absolute atomic E-state index is 13.5. The molecule has 1 aliphatic heterocycles. The minimum absolute atomic E-state index is 0.00353. The molecule has 0 unspecified atom stereocenters. The molecule has 4 rings (SSSR count). The lowest BCUT2D eigenvalue weighted by Crippen LogP contribution is -2.39. The first kappa shape index (κ1) is 18.4. The third kappa shape index (κ3) is 3.19. The van der Waals surface area contributed by atoms with Gasteiger partial charge in [-0.15, -0.1) is 0 Å². The SMILES string of the molecule is CCc1ccccc1NC(=O)N1Cc2ccccc2-n2cccc2[C@H]1C(C)C. The third-order valence-electron chi connectivity index (χ3n) is 5.54. The van der Waals surface area contributed by atoms with Crippen LogP contribution in [0.3, 0.4) is 0 Å². The number of aromatic nitrogens is 1. The van der Waals surface area contributed by atoms with Crippen LogP contribution in [-0.2, 0) is 13.0 Å². The summed E-state index contributed by atoms with van der Waals surface area (Å²) in [7, 11) is 0. The highest BCUT2D eigenvalue weighted by Crippen LogP contribution is 2.37. The van der Waals surface area contributed by atoms with E-state index in [9.17, 15) is 4.79 Å². The van der Waals surface area contributed by atoms with Gasteiger partial charge in [0.1, 0.15) is 0 Å². The maximum Gasteiger partial charge on any atom is 0.322 e. The number of benzene rings is 2. The quantitative estimate of drug-likeness (QED) is 0.620. The van der Waals surface area contributed by atoms with Crippen molar-refractivity contribution >= 4 is 11.7 Å². The molecule has 2 aromatic carbocycles. The van der Waals surface area contributed by atoms with E-state index in [4.69, 9.17) is 0 Å². The summed E-state index contributed by atoms with van der Waals surface area (Å²) in [6, 6.07) is 20.5. The van der Waals surface area contributed by atoms with E-state index >= 15 is 0 Å². The van der Waals surface area contributed by atoms with Crippen LogP contribution in [0, 0.1) is 5.92 Å². The fourth-order valence-electron chi connectivity index (χ4n) is 4.21. The van der Waals surface area contributed by atoms with E-state index in [1.807, 2.05) is 29.2 Å². The minimum atomic E-state index is -0.0518. The highest BCUT2D eigenvalue weighted by atomic mass is 16.2. The Morgan fingerprint density at radius 1 is 1.07 bits per heavy atom. The Balaban J connectivity index is 1.76. The number of aryl methyl sites for hydroxylation is 1. The summed E-state index contributed by atoms with van der Waals surface area (Å²) in [5.74, 6) is 0.287. The molecule has 1 N–H and O–H groups in total. The molecule has 0 bridgehead atoms. The molecule has 1 aliphatic rings. The Kier molecular flexibility index (Phi) is 4.95. The number of rotatable bonds is 3. The van der Waals surface area contributed by atoms with Crippen LogP contribution in [0.5, 0.6) is 0 Å². The van der Waals surface area contributed by atoms with Crippen LogP contribution in [0.25, 0.3) is 5.69 Å². The Morgan fingerprint density at radius 3 is 2.61 bits per heavy atom. The predicted molar refractivity (Wildman–Crippen MR) is 114 cm³/mol. The Hall–Kier alpha value is -3.01. The van der Waals surface area contributed by atoms with Crippen LogP contribution in [0.2, 0.25) is 0 Å². The van der Waals surface area contributed by atoms with Crippen LogP contribution >= 0.6 is 0 Å². The normalized spacial score (nSPS) is 15.7. The number of carbonyl (C=O) groups is 1. The van der Waals surface area contributed by atoms with Crippen molar-refractivity contribution in [3.05, 3.63) is 83.7 Å². The summed E-state index contributed by atoms with van der Waals surface area (Å²) in [5.41, 5.74) is 5.50. The second-order valence-electron chi connectivity index (χ2n) is 7.69. The van der Waals surface area contributed by atoms with Crippen LogP contribution in [0.4, 0.5) is 10.5 Å². The van der Waals surface area contributed by atoms with Gasteiger partial charge in [-0.25, -0.2) is 4.79 Å². The summed E-state index contributed by atoms with van der Waals surface area (Å²) in [6.45, 7) is 7.05. The molecule has 4 nitrogen and oxygen atoms in total. The lowest BCUT2D eigenvalue weighted by molar-refractivity contribution is 0.162. The first-order valence-corrected chi connectivity index (χ1v) is 10.0. The number of hydrogen-bond donors (Lipinski definition) is 1. The molecule has 0 aliphatic carbocycles. The van der Waals surface area contributed by atoms with Crippen LogP contribution < -0.4 is 5.32 Å². The molecule has 4 heteroatoms. The largest absolute Gasteiger partial charge is 0.322 e. The van der Waals surface area contributed by atoms with Gasteiger partial charge in [0.25, 0.3) is 0 Å². The fourth-order valence-corrected chi connectivity index (χ4v) is 4.21. The van der Waals surface area contributed by atoms with Crippen LogP contribution in [-0.4, -0.2) is 15.5 Å². The highest BCUT2D eigenvalue weighted by molar-refractivity contribution is 5.90. The van der Waals surface area contributed by atoms with Crippen molar-refractivity contribution in [2.45, 2.75) is 39.8 Å². The number of fused-ring (bicyclic) bond motifs is 3. The van der Waals surface area contributed by atoms with Crippen molar-refractivity contribution in [2.75, 3.05) is 5.32 Å². The molecule has 144 valence electrons. The third-order valence-corrected chi connectivity index (χ3v) is 5.54. The highest BCUT2D eigenvalue weighted by Gasteiger charge is 2.33. The first-order valence-electron chi connectivity index (χ1n) is 10.0. The fraction of sp³-hybridized carbons (Fsp3) is 0.292. The van der Waals surface area contributed by atoms with Gasteiger partial charge in [0.2, 0.25) is 0 Å². The average molecular weight is 374 g/mol. The van der Waals surface area contributed by atoms with E-state index in [2.05, 4.69) is 73.3 Å². The zero-order valence-corrected chi connectivity index (χ0v) is 16.7. The summed E-state index contributed by atoms with van der Waals surface area (Å²) in [5, 5.41) is 3.18. The van der Waals surface area contributed by atoms with Gasteiger partial charge < -0.3 is 14.8 Å². The van der Waals surface area contributed by atoms with Crippen LogP contribution in [0.15, 0.2) is 66.9 Å². The molecular formula is C24H27N3O. The van der Waals surface area contributed by atoms with E-state index in [1.165, 1.54) is 0 Å². The van der Waals surface area contributed by atoms with E-state index in [0.29, 0.717) is 6.54 Å². The Morgan fingerprint density at radius 2 is 1.82 bits per heavy atom. The molecule has 28 heavy (non-hydrogen) atoms. The van der Waals surface area contributed by atoms with Gasteiger partial charge in [-0.1, -0.05) is 57.2 Å². The lowest BCUT2D eigenvalue weighted by atomic mass is 9.99. The summed E-state index contributed by atoms with van der Waals surface area (Å²) < 4.78 is 2.23. The molecule has 1 aromatic heterocycles. The van der Waals surface area contributed by atoms with Crippen molar-refractivity contribution in [1.29, 1.82) is 0 Å². The number of hydrogen-bond acceptors (Lipinski definition) is 1. The molecule has 1 atom stereocenters. The smallest absolute Gasteiger partial charge is 0.318 e. The number of urea groups is 1. The van der Waals surface area contributed by atoms with Crippen molar-refractivity contribution in [2.24, 2.45) is 5.92 Å². The number of para-hydroxylation sites is 2. The Labute approximate surface area is 166 Å². The molecule has 2 heterocycles. The van der Waals surface area contributed by atoms with Crippen molar-refractivity contribution < 1.29 is 4.79 Å². The number of nitrogens with one attached hydrogen (secondary N) is 1. The number of nitrogens with zero attached hydrogens (tertiary/aromatic N) is 2. The summed E-state index contributed by atoms with van der Waals surface area (Å²) in [4.78, 5) is 15.4. The Bertz CT molecular complexity index is 989. The molecular weight excluding hydrogens is 346 g/mol. The summed E-state index contributed by atoms with van der Waals surface area (Å²) >= 11 is 0. The number of anilines is 1. The monoisotopic (exact) mass is 373 g/mol. The van der Waals surface area contributed by atoms with Crippen molar-refractivity contribution in [1.82, 2.24) is 9.47 Å². The van der Waals surface area contributed by atoms with Gasteiger partial charge in [0.05, 0.1) is 18.3 Å². The number of amides is 2. The van der Waals surface area contributed by atoms with E-state index < -0.39 is 0 Å². The first-order chi connectivity index (χ1) is 13.6. The molecule has 0 fully saturated rings. The van der Waals surface area contributed by atoms with Gasteiger partial charge in [0, 0.05) is 17.6 Å². The van der Waals surface area contributed by atoms with Gasteiger partial charge >= 0.3 is 6.03 Å². The van der Waals surface area contributed by atoms with Crippen molar-refractivity contribution in [3.63, 3.8) is 0 Å². The zero-order chi connectivity index (χ0) is 19.7. The molecule has 0 saturated heterocycles. The standard InChI is InChI=1S/C24H27N3O/c1-4-18-10-5-7-12-20(18)25-24(28)27-16-19-11-6-8-13-21(19)26-15-9-14-22(26)23(27)17(2)3/h5-15,17,23H,4,16H2,1-3H3,(H,25,28)/t23-/m1/s1. The molecule has 2 amide bonds. The zero-order valence-electron chi connectivity index (χ0n) is 16.7.